The van der Waals surface area contributed by atoms with Gasteiger partial charge in [-0.25, -0.2) is 0 Å². The molecule has 0 aliphatic carbocycles. The smallest absolute Gasteiger partial charge is 0.262 e. The Morgan fingerprint density at radius 1 is 1.20 bits per heavy atom. The molecule has 0 bridgehead atoms. The maximum atomic E-state index is 12.0. The first kappa shape index (κ1) is 18.3. The molecule has 0 aliphatic heterocycles. The van der Waals surface area contributed by atoms with Gasteiger partial charge < -0.3 is 15.0 Å². The Balaban J connectivity index is 1.93. The molecule has 130 valence electrons. The van der Waals surface area contributed by atoms with Crippen molar-refractivity contribution in [2.24, 2.45) is 0 Å². The number of hydrogen-bond donors (Lipinski definition) is 1. The molecule has 5 heteroatoms. The second kappa shape index (κ2) is 8.74. The Bertz CT molecular complexity index is 748. The Labute approximate surface area is 148 Å². The second-order valence-electron chi connectivity index (χ2n) is 5.87. The summed E-state index contributed by atoms with van der Waals surface area (Å²) in [7, 11) is 0. The molecule has 5 nitrogen and oxygen atoms in total. The average Bonchev–Trinajstić information content (AvgIpc) is 2.62. The van der Waals surface area contributed by atoms with E-state index in [0.717, 1.165) is 12.2 Å². The van der Waals surface area contributed by atoms with Gasteiger partial charge in [-0.2, -0.15) is 5.26 Å². The fourth-order valence-corrected chi connectivity index (χ4v) is 2.61. The second-order valence-corrected chi connectivity index (χ2v) is 5.87. The summed E-state index contributed by atoms with van der Waals surface area (Å²) in [6.07, 6.45) is 0. The summed E-state index contributed by atoms with van der Waals surface area (Å²) in [6, 6.07) is 17.0. The highest BCUT2D eigenvalue weighted by Crippen LogP contribution is 2.20. The minimum absolute atomic E-state index is 0.145. The van der Waals surface area contributed by atoms with Crippen molar-refractivity contribution in [3.05, 3.63) is 54.1 Å². The van der Waals surface area contributed by atoms with Crippen LogP contribution >= 0.6 is 0 Å². The molecule has 25 heavy (non-hydrogen) atoms. The van der Waals surface area contributed by atoms with Crippen LogP contribution in [-0.4, -0.2) is 25.1 Å². The fourth-order valence-electron chi connectivity index (χ4n) is 2.61. The molecule has 2 aromatic carbocycles. The zero-order valence-electron chi connectivity index (χ0n) is 14.8. The molecule has 2 rings (SSSR count). The van der Waals surface area contributed by atoms with Gasteiger partial charge in [0.05, 0.1) is 5.56 Å². The van der Waals surface area contributed by atoms with E-state index in [2.05, 4.69) is 31.0 Å². The Kier molecular flexibility index (Phi) is 6.41. The number of nitrogens with one attached hydrogen (secondary N) is 1. The SMILES string of the molecule is CCN(c1ccc(NC(=O)COc2ccccc2C#N)cc1)C(C)C. The van der Waals surface area contributed by atoms with Crippen LogP contribution in [0.1, 0.15) is 26.3 Å². The third-order valence-corrected chi connectivity index (χ3v) is 3.81. The van der Waals surface area contributed by atoms with Gasteiger partial charge in [-0.05, 0) is 57.2 Å². The zero-order valence-corrected chi connectivity index (χ0v) is 14.8. The van der Waals surface area contributed by atoms with Gasteiger partial charge >= 0.3 is 0 Å². The van der Waals surface area contributed by atoms with Crippen molar-refractivity contribution in [2.75, 3.05) is 23.4 Å². The van der Waals surface area contributed by atoms with Crippen LogP contribution in [0.4, 0.5) is 11.4 Å². The molecule has 0 spiro atoms. The first-order valence-electron chi connectivity index (χ1n) is 8.33. The van der Waals surface area contributed by atoms with Crippen LogP contribution in [-0.2, 0) is 4.79 Å². The molecular weight excluding hydrogens is 314 g/mol. The summed E-state index contributed by atoms with van der Waals surface area (Å²) in [5, 5.41) is 11.8. The van der Waals surface area contributed by atoms with Gasteiger partial charge in [0.15, 0.2) is 6.61 Å². The maximum absolute atomic E-state index is 12.0. The standard InChI is InChI=1S/C20H23N3O2/c1-4-23(15(2)3)18-11-9-17(10-12-18)22-20(24)14-25-19-8-6-5-7-16(19)13-21/h5-12,15H,4,14H2,1-3H3,(H,22,24). The van der Waals surface area contributed by atoms with E-state index in [1.807, 2.05) is 30.3 Å². The van der Waals surface area contributed by atoms with Crippen molar-refractivity contribution in [3.63, 3.8) is 0 Å². The summed E-state index contributed by atoms with van der Waals surface area (Å²) in [5.41, 5.74) is 2.24. The third kappa shape index (κ3) is 4.98. The number of amides is 1. The van der Waals surface area contributed by atoms with Gasteiger partial charge in [0.1, 0.15) is 11.8 Å². The number of carbonyl (C=O) groups is 1. The molecule has 0 fully saturated rings. The lowest BCUT2D eigenvalue weighted by Gasteiger charge is -2.27. The predicted octanol–water partition coefficient (Wildman–Crippen LogP) is 3.81. The minimum Gasteiger partial charge on any atom is -0.482 e. The number of ether oxygens (including phenoxy) is 1. The van der Waals surface area contributed by atoms with E-state index in [-0.39, 0.29) is 12.5 Å². The molecule has 1 N–H and O–H groups in total. The van der Waals surface area contributed by atoms with Crippen molar-refractivity contribution in [1.82, 2.24) is 0 Å². The van der Waals surface area contributed by atoms with Crippen molar-refractivity contribution in [3.8, 4) is 11.8 Å². The topological polar surface area (TPSA) is 65.4 Å². The molecule has 0 saturated heterocycles. The molecule has 0 aliphatic rings. The van der Waals surface area contributed by atoms with Gasteiger partial charge in [-0.15, -0.1) is 0 Å². The summed E-state index contributed by atoms with van der Waals surface area (Å²) in [4.78, 5) is 14.3. The number of para-hydroxylation sites is 1. The maximum Gasteiger partial charge on any atom is 0.262 e. The van der Waals surface area contributed by atoms with E-state index >= 15 is 0 Å². The largest absolute Gasteiger partial charge is 0.482 e. The number of hydrogen-bond acceptors (Lipinski definition) is 4. The van der Waals surface area contributed by atoms with Crippen molar-refractivity contribution >= 4 is 17.3 Å². The summed E-state index contributed by atoms with van der Waals surface area (Å²) in [6.45, 7) is 7.19. The highest BCUT2D eigenvalue weighted by Gasteiger charge is 2.09. The zero-order chi connectivity index (χ0) is 18.2. The van der Waals surface area contributed by atoms with Crippen LogP contribution < -0.4 is 15.0 Å². The lowest BCUT2D eigenvalue weighted by molar-refractivity contribution is -0.118. The van der Waals surface area contributed by atoms with Crippen molar-refractivity contribution in [1.29, 1.82) is 5.26 Å². The number of anilines is 2. The highest BCUT2D eigenvalue weighted by atomic mass is 16.5. The quantitative estimate of drug-likeness (QED) is 0.834. The lowest BCUT2D eigenvalue weighted by atomic mass is 10.2. The van der Waals surface area contributed by atoms with E-state index in [0.29, 0.717) is 23.0 Å². The normalized spacial score (nSPS) is 10.2. The van der Waals surface area contributed by atoms with E-state index in [1.54, 1.807) is 24.3 Å². The molecule has 0 atom stereocenters. The van der Waals surface area contributed by atoms with Crippen LogP contribution in [0, 0.1) is 11.3 Å². The van der Waals surface area contributed by atoms with Gasteiger partial charge in [-0.1, -0.05) is 12.1 Å². The van der Waals surface area contributed by atoms with E-state index in [4.69, 9.17) is 10.00 Å². The average molecular weight is 337 g/mol. The molecule has 0 unspecified atom stereocenters. The van der Waals surface area contributed by atoms with Crippen LogP contribution in [0.5, 0.6) is 5.75 Å². The number of nitrogens with zero attached hydrogens (tertiary/aromatic N) is 2. The number of rotatable bonds is 7. The monoisotopic (exact) mass is 337 g/mol. The molecule has 0 heterocycles. The van der Waals surface area contributed by atoms with Crippen molar-refractivity contribution < 1.29 is 9.53 Å². The fraction of sp³-hybridized carbons (Fsp3) is 0.300. The minimum atomic E-state index is -0.267. The third-order valence-electron chi connectivity index (χ3n) is 3.81. The summed E-state index contributed by atoms with van der Waals surface area (Å²) < 4.78 is 5.43. The summed E-state index contributed by atoms with van der Waals surface area (Å²) >= 11 is 0. The van der Waals surface area contributed by atoms with Crippen LogP contribution in [0.25, 0.3) is 0 Å². The predicted molar refractivity (Wildman–Crippen MR) is 99.9 cm³/mol. The van der Waals surface area contributed by atoms with Gasteiger partial charge in [0.25, 0.3) is 5.91 Å². The van der Waals surface area contributed by atoms with Gasteiger partial charge in [0.2, 0.25) is 0 Å². The Morgan fingerprint density at radius 2 is 1.88 bits per heavy atom. The summed E-state index contributed by atoms with van der Waals surface area (Å²) in [5.74, 6) is 0.141. The highest BCUT2D eigenvalue weighted by molar-refractivity contribution is 5.92. The van der Waals surface area contributed by atoms with E-state index in [1.165, 1.54) is 0 Å². The Morgan fingerprint density at radius 3 is 2.48 bits per heavy atom. The molecule has 0 aromatic heterocycles. The van der Waals surface area contributed by atoms with E-state index < -0.39 is 0 Å². The molecule has 2 aromatic rings. The van der Waals surface area contributed by atoms with Crippen LogP contribution in [0.3, 0.4) is 0 Å². The van der Waals surface area contributed by atoms with Crippen LogP contribution in [0.15, 0.2) is 48.5 Å². The molecule has 0 saturated carbocycles. The Hall–Kier alpha value is -3.00. The van der Waals surface area contributed by atoms with Crippen molar-refractivity contribution in [2.45, 2.75) is 26.8 Å². The first-order valence-corrected chi connectivity index (χ1v) is 8.33. The van der Waals surface area contributed by atoms with Gasteiger partial charge in [-0.3, -0.25) is 4.79 Å². The number of carbonyl (C=O) groups excluding carboxylic acids is 1. The molecule has 1 amide bonds. The number of nitriles is 1. The van der Waals surface area contributed by atoms with Crippen LogP contribution in [0.2, 0.25) is 0 Å². The first-order chi connectivity index (χ1) is 12.0. The number of benzene rings is 2. The van der Waals surface area contributed by atoms with E-state index in [9.17, 15) is 4.79 Å². The molecule has 0 radical (unpaired) electrons. The van der Waals surface area contributed by atoms with Gasteiger partial charge in [0, 0.05) is 24.0 Å². The molecular formula is C20H23N3O2. The lowest BCUT2D eigenvalue weighted by Crippen LogP contribution is -2.30.